The van der Waals surface area contributed by atoms with Crippen molar-refractivity contribution in [3.8, 4) is 0 Å². The molecular formula is C13H20N2O2. The van der Waals surface area contributed by atoms with Gasteiger partial charge in [0.2, 0.25) is 0 Å². The molecule has 0 atom stereocenters. The zero-order valence-corrected chi connectivity index (χ0v) is 10.7. The molecule has 1 aliphatic carbocycles. The van der Waals surface area contributed by atoms with Gasteiger partial charge in [-0.3, -0.25) is 4.79 Å². The number of H-pyrrole nitrogens is 1. The first-order valence-corrected chi connectivity index (χ1v) is 6.21. The fourth-order valence-corrected chi connectivity index (χ4v) is 2.28. The van der Waals surface area contributed by atoms with E-state index in [1.54, 1.807) is 13.2 Å². The van der Waals surface area contributed by atoms with Crippen LogP contribution in [0.3, 0.4) is 0 Å². The van der Waals surface area contributed by atoms with Crippen molar-refractivity contribution in [3.05, 3.63) is 27.9 Å². The molecule has 2 rings (SSSR count). The van der Waals surface area contributed by atoms with Crippen LogP contribution in [0.5, 0.6) is 0 Å². The molecule has 1 N–H and O–H groups in total. The predicted octanol–water partition coefficient (Wildman–Crippen LogP) is 1.99. The minimum absolute atomic E-state index is 0.0750. The molecule has 1 fully saturated rings. The van der Waals surface area contributed by atoms with Gasteiger partial charge in [-0.25, -0.2) is 4.98 Å². The van der Waals surface area contributed by atoms with Gasteiger partial charge in [0.15, 0.2) is 0 Å². The molecule has 0 bridgehead atoms. The van der Waals surface area contributed by atoms with Crippen LogP contribution < -0.4 is 5.56 Å². The number of methoxy groups -OCH3 is 1. The van der Waals surface area contributed by atoms with Crippen LogP contribution in [-0.2, 0) is 16.8 Å². The Labute approximate surface area is 101 Å². The van der Waals surface area contributed by atoms with E-state index < -0.39 is 0 Å². The fourth-order valence-electron chi connectivity index (χ4n) is 2.28. The van der Waals surface area contributed by atoms with Crippen molar-refractivity contribution in [1.82, 2.24) is 9.97 Å². The van der Waals surface area contributed by atoms with Gasteiger partial charge in [0.05, 0.1) is 0 Å². The topological polar surface area (TPSA) is 55.0 Å². The minimum Gasteiger partial charge on any atom is -0.370 e. The van der Waals surface area contributed by atoms with Gasteiger partial charge >= 0.3 is 0 Å². The monoisotopic (exact) mass is 236 g/mol. The number of rotatable bonds is 4. The lowest BCUT2D eigenvalue weighted by Crippen LogP contribution is -2.39. The first-order chi connectivity index (χ1) is 8.05. The summed E-state index contributed by atoms with van der Waals surface area (Å²) >= 11 is 0. The zero-order chi connectivity index (χ0) is 12.5. The van der Waals surface area contributed by atoms with E-state index in [1.807, 2.05) is 0 Å². The SMILES string of the molecule is COC1(c2nc(CC(C)C)cc(=O)[nH]2)CCC1. The van der Waals surface area contributed by atoms with Gasteiger partial charge in [-0.2, -0.15) is 0 Å². The summed E-state index contributed by atoms with van der Waals surface area (Å²) in [7, 11) is 1.69. The standard InChI is InChI=1S/C13H20N2O2/c1-9(2)7-10-8-11(16)15-12(14-10)13(17-3)5-4-6-13/h8-9H,4-7H2,1-3H3,(H,14,15,16). The van der Waals surface area contributed by atoms with Crippen LogP contribution in [0.25, 0.3) is 0 Å². The highest BCUT2D eigenvalue weighted by Crippen LogP contribution is 2.42. The normalized spacial score (nSPS) is 18.1. The van der Waals surface area contributed by atoms with E-state index in [0.29, 0.717) is 11.7 Å². The lowest BCUT2D eigenvalue weighted by molar-refractivity contribution is -0.0849. The summed E-state index contributed by atoms with van der Waals surface area (Å²) in [6.45, 7) is 4.25. The summed E-state index contributed by atoms with van der Waals surface area (Å²) in [6.07, 6.45) is 3.85. The maximum atomic E-state index is 11.6. The second-order valence-corrected chi connectivity index (χ2v) is 5.24. The zero-order valence-electron chi connectivity index (χ0n) is 10.7. The summed E-state index contributed by atoms with van der Waals surface area (Å²) < 4.78 is 5.54. The summed E-state index contributed by atoms with van der Waals surface area (Å²) in [5, 5.41) is 0. The molecule has 0 radical (unpaired) electrons. The van der Waals surface area contributed by atoms with E-state index in [4.69, 9.17) is 4.74 Å². The van der Waals surface area contributed by atoms with Crippen LogP contribution >= 0.6 is 0 Å². The fraction of sp³-hybridized carbons (Fsp3) is 0.692. The third-order valence-corrected chi connectivity index (χ3v) is 3.40. The van der Waals surface area contributed by atoms with Crippen molar-refractivity contribution in [2.45, 2.75) is 45.1 Å². The molecule has 1 aromatic rings. The van der Waals surface area contributed by atoms with Crippen molar-refractivity contribution < 1.29 is 4.74 Å². The molecule has 17 heavy (non-hydrogen) atoms. The van der Waals surface area contributed by atoms with Crippen molar-refractivity contribution in [1.29, 1.82) is 0 Å². The third-order valence-electron chi connectivity index (χ3n) is 3.40. The van der Waals surface area contributed by atoms with Gasteiger partial charge in [0.25, 0.3) is 5.56 Å². The van der Waals surface area contributed by atoms with E-state index >= 15 is 0 Å². The average molecular weight is 236 g/mol. The second-order valence-electron chi connectivity index (χ2n) is 5.24. The van der Waals surface area contributed by atoms with Crippen LogP contribution in [-0.4, -0.2) is 17.1 Å². The Morgan fingerprint density at radius 2 is 2.24 bits per heavy atom. The molecule has 1 aromatic heterocycles. The van der Waals surface area contributed by atoms with Crippen LogP contribution in [0.1, 0.15) is 44.6 Å². The molecule has 1 saturated carbocycles. The molecule has 0 aromatic carbocycles. The second kappa shape index (κ2) is 4.61. The maximum absolute atomic E-state index is 11.6. The minimum atomic E-state index is -0.341. The van der Waals surface area contributed by atoms with E-state index in [9.17, 15) is 4.79 Å². The molecule has 4 nitrogen and oxygen atoms in total. The molecule has 0 aliphatic heterocycles. The quantitative estimate of drug-likeness (QED) is 0.869. The van der Waals surface area contributed by atoms with Gasteiger partial charge in [-0.15, -0.1) is 0 Å². The Balaban J connectivity index is 2.34. The smallest absolute Gasteiger partial charge is 0.251 e. The first kappa shape index (κ1) is 12.3. The number of hydrogen-bond donors (Lipinski definition) is 1. The van der Waals surface area contributed by atoms with Crippen molar-refractivity contribution >= 4 is 0 Å². The molecule has 0 amide bonds. The first-order valence-electron chi connectivity index (χ1n) is 6.21. The molecule has 4 heteroatoms. The van der Waals surface area contributed by atoms with Crippen LogP contribution in [0.4, 0.5) is 0 Å². The lowest BCUT2D eigenvalue weighted by atomic mass is 9.79. The van der Waals surface area contributed by atoms with Gasteiger partial charge < -0.3 is 9.72 Å². The highest BCUT2D eigenvalue weighted by atomic mass is 16.5. The van der Waals surface area contributed by atoms with Crippen molar-refractivity contribution in [3.63, 3.8) is 0 Å². The van der Waals surface area contributed by atoms with E-state index in [-0.39, 0.29) is 11.2 Å². The van der Waals surface area contributed by atoms with E-state index in [0.717, 1.165) is 31.4 Å². The van der Waals surface area contributed by atoms with E-state index in [1.165, 1.54) is 0 Å². The molecule has 1 heterocycles. The van der Waals surface area contributed by atoms with Gasteiger partial charge in [0.1, 0.15) is 11.4 Å². The molecular weight excluding hydrogens is 216 g/mol. The lowest BCUT2D eigenvalue weighted by Gasteiger charge is -2.39. The number of aromatic nitrogens is 2. The number of nitrogens with one attached hydrogen (secondary N) is 1. The highest BCUT2D eigenvalue weighted by molar-refractivity contribution is 5.12. The van der Waals surface area contributed by atoms with E-state index in [2.05, 4.69) is 23.8 Å². The summed E-state index contributed by atoms with van der Waals surface area (Å²) in [5.74, 6) is 1.20. The van der Waals surface area contributed by atoms with Crippen LogP contribution in [0.15, 0.2) is 10.9 Å². The summed E-state index contributed by atoms with van der Waals surface area (Å²) in [5.41, 5.74) is 0.447. The molecule has 0 unspecified atom stereocenters. The molecule has 1 aliphatic rings. The summed E-state index contributed by atoms with van der Waals surface area (Å²) in [4.78, 5) is 19.0. The molecule has 0 saturated heterocycles. The van der Waals surface area contributed by atoms with Gasteiger partial charge in [-0.1, -0.05) is 13.8 Å². The van der Waals surface area contributed by atoms with Gasteiger partial charge in [-0.05, 0) is 31.6 Å². The average Bonchev–Trinajstić information content (AvgIpc) is 2.14. The Kier molecular flexibility index (Phi) is 3.33. The largest absolute Gasteiger partial charge is 0.370 e. The Bertz CT molecular complexity index is 441. The number of ether oxygens (including phenoxy) is 1. The maximum Gasteiger partial charge on any atom is 0.251 e. The van der Waals surface area contributed by atoms with Crippen molar-refractivity contribution in [2.24, 2.45) is 5.92 Å². The highest BCUT2D eigenvalue weighted by Gasteiger charge is 2.41. The third kappa shape index (κ3) is 2.41. The molecule has 0 spiro atoms. The molecule has 94 valence electrons. The predicted molar refractivity (Wildman–Crippen MR) is 65.9 cm³/mol. The van der Waals surface area contributed by atoms with Crippen LogP contribution in [0, 0.1) is 5.92 Å². The number of aromatic amines is 1. The Hall–Kier alpha value is -1.16. The van der Waals surface area contributed by atoms with Gasteiger partial charge in [0, 0.05) is 18.9 Å². The Morgan fingerprint density at radius 3 is 2.71 bits per heavy atom. The number of hydrogen-bond acceptors (Lipinski definition) is 3. The van der Waals surface area contributed by atoms with Crippen LogP contribution in [0.2, 0.25) is 0 Å². The Morgan fingerprint density at radius 1 is 1.53 bits per heavy atom. The van der Waals surface area contributed by atoms with Crippen molar-refractivity contribution in [2.75, 3.05) is 7.11 Å². The summed E-state index contributed by atoms with van der Waals surface area (Å²) in [6, 6.07) is 1.59. The number of nitrogens with zero attached hydrogens (tertiary/aromatic N) is 1.